The number of carbonyl (C=O) groups excluding carboxylic acids is 3. The predicted molar refractivity (Wildman–Crippen MR) is 126 cm³/mol. The van der Waals surface area contributed by atoms with Crippen LogP contribution in [-0.4, -0.2) is 81.5 Å². The molecule has 2 aromatic rings. The highest BCUT2D eigenvalue weighted by Crippen LogP contribution is 2.32. The Hall–Kier alpha value is -3.77. The van der Waals surface area contributed by atoms with E-state index in [1.54, 1.807) is 60.9 Å². The lowest BCUT2D eigenvalue weighted by atomic mass is 10.2. The maximum Gasteiger partial charge on any atom is 0.435 e. The second-order valence-electron chi connectivity index (χ2n) is 9.99. The van der Waals surface area contributed by atoms with Gasteiger partial charge in [0.05, 0.1) is 23.3 Å². The third-order valence-corrected chi connectivity index (χ3v) is 6.06. The van der Waals surface area contributed by atoms with Crippen LogP contribution in [0.1, 0.15) is 43.2 Å². The van der Waals surface area contributed by atoms with Crippen LogP contribution in [0.5, 0.6) is 0 Å². The quantitative estimate of drug-likeness (QED) is 0.587. The fraction of sp³-hybridized carbons (Fsp3) is 0.500. The first-order chi connectivity index (χ1) is 17.3. The van der Waals surface area contributed by atoms with E-state index < -0.39 is 35.0 Å². The number of hydrogen-bond acceptors (Lipinski definition) is 5. The third-order valence-electron chi connectivity index (χ3n) is 6.06. The number of rotatable bonds is 5. The van der Waals surface area contributed by atoms with E-state index in [0.29, 0.717) is 25.2 Å². The highest BCUT2D eigenvalue weighted by molar-refractivity contribution is 5.95. The van der Waals surface area contributed by atoms with E-state index >= 15 is 0 Å². The number of urea groups is 1. The maximum atomic E-state index is 13.5. The predicted octanol–water partition coefficient (Wildman–Crippen LogP) is 3.02. The number of hydrogen-bond donors (Lipinski definition) is 2. The number of likely N-dealkylation sites (tertiary alicyclic amines) is 2. The Labute approximate surface area is 211 Å². The average Bonchev–Trinajstić information content (AvgIpc) is 3.55. The fourth-order valence-corrected chi connectivity index (χ4v) is 4.46. The van der Waals surface area contributed by atoms with Gasteiger partial charge >= 0.3 is 18.3 Å². The van der Waals surface area contributed by atoms with Crippen molar-refractivity contribution in [3.05, 3.63) is 47.8 Å². The fourth-order valence-electron chi connectivity index (χ4n) is 4.46. The highest BCUT2D eigenvalue weighted by atomic mass is 19.4. The number of ether oxygens (including phenoxy) is 1. The van der Waals surface area contributed by atoms with Crippen LogP contribution in [0, 0.1) is 0 Å². The van der Waals surface area contributed by atoms with Crippen molar-refractivity contribution in [2.75, 3.05) is 26.2 Å². The van der Waals surface area contributed by atoms with Crippen LogP contribution in [0.2, 0.25) is 0 Å². The van der Waals surface area contributed by atoms with Crippen LogP contribution >= 0.6 is 0 Å². The van der Waals surface area contributed by atoms with Crippen molar-refractivity contribution >= 4 is 18.0 Å². The number of aromatic nitrogens is 2. The topological polar surface area (TPSA) is 109 Å². The van der Waals surface area contributed by atoms with Crippen molar-refractivity contribution in [1.82, 2.24) is 30.2 Å². The van der Waals surface area contributed by atoms with Crippen LogP contribution < -0.4 is 10.6 Å². The molecule has 2 bridgehead atoms. The number of nitrogens with zero attached hydrogens (tertiary/aromatic N) is 4. The lowest BCUT2D eigenvalue weighted by Gasteiger charge is -2.35. The van der Waals surface area contributed by atoms with Gasteiger partial charge in [0, 0.05) is 32.4 Å². The van der Waals surface area contributed by atoms with E-state index in [0.717, 1.165) is 10.9 Å². The van der Waals surface area contributed by atoms with E-state index in [1.165, 1.54) is 0 Å². The van der Waals surface area contributed by atoms with Gasteiger partial charge in [-0.25, -0.2) is 14.3 Å². The molecule has 1 aromatic carbocycles. The summed E-state index contributed by atoms with van der Waals surface area (Å²) < 4.78 is 46.9. The summed E-state index contributed by atoms with van der Waals surface area (Å²) in [5.41, 5.74) is -2.13. The molecular formula is C24H29F3N6O4. The molecule has 3 heterocycles. The van der Waals surface area contributed by atoms with E-state index in [2.05, 4.69) is 15.7 Å². The lowest BCUT2D eigenvalue weighted by molar-refractivity contribution is -0.141. The number of amides is 4. The Morgan fingerprint density at radius 1 is 1.00 bits per heavy atom. The van der Waals surface area contributed by atoms with Gasteiger partial charge in [-0.3, -0.25) is 4.79 Å². The molecule has 10 nitrogen and oxygen atoms in total. The minimum Gasteiger partial charge on any atom is -0.444 e. The zero-order valence-corrected chi connectivity index (χ0v) is 20.7. The number of carbonyl (C=O) groups is 3. The van der Waals surface area contributed by atoms with Gasteiger partial charge in [0.25, 0.3) is 5.91 Å². The number of fused-ring (bicyclic) bond motifs is 2. The van der Waals surface area contributed by atoms with Crippen molar-refractivity contribution in [3.8, 4) is 5.69 Å². The number of para-hydroxylation sites is 1. The minimum absolute atomic E-state index is 0.0163. The molecule has 0 aliphatic carbocycles. The lowest BCUT2D eigenvalue weighted by Crippen LogP contribution is -2.54. The van der Waals surface area contributed by atoms with Gasteiger partial charge in [0.1, 0.15) is 5.60 Å². The second-order valence-corrected chi connectivity index (χ2v) is 9.99. The van der Waals surface area contributed by atoms with E-state index in [4.69, 9.17) is 4.74 Å². The van der Waals surface area contributed by atoms with Gasteiger partial charge in [-0.05, 0) is 39.3 Å². The van der Waals surface area contributed by atoms with Crippen LogP contribution in [0.3, 0.4) is 0 Å². The molecule has 0 spiro atoms. The highest BCUT2D eigenvalue weighted by Gasteiger charge is 2.48. The molecule has 2 atom stereocenters. The summed E-state index contributed by atoms with van der Waals surface area (Å²) in [6.07, 6.45) is -3.54. The molecule has 4 rings (SSSR count). The summed E-state index contributed by atoms with van der Waals surface area (Å²) in [7, 11) is 0. The molecule has 0 radical (unpaired) electrons. The van der Waals surface area contributed by atoms with Gasteiger partial charge in [-0.15, -0.1) is 0 Å². The first-order valence-corrected chi connectivity index (χ1v) is 11.9. The first-order valence-electron chi connectivity index (χ1n) is 11.9. The summed E-state index contributed by atoms with van der Waals surface area (Å²) in [6.45, 7) is 6.03. The molecule has 2 fully saturated rings. The van der Waals surface area contributed by atoms with Crippen molar-refractivity contribution in [3.63, 3.8) is 0 Å². The van der Waals surface area contributed by atoms with Gasteiger partial charge in [0.2, 0.25) is 0 Å². The number of benzene rings is 1. The molecule has 0 saturated carbocycles. The van der Waals surface area contributed by atoms with Gasteiger partial charge in [-0.2, -0.15) is 18.3 Å². The van der Waals surface area contributed by atoms with Crippen LogP contribution in [0.25, 0.3) is 5.69 Å². The van der Waals surface area contributed by atoms with Crippen LogP contribution in [0.4, 0.5) is 22.8 Å². The van der Waals surface area contributed by atoms with Crippen LogP contribution in [-0.2, 0) is 10.9 Å². The first kappa shape index (κ1) is 26.3. The molecule has 4 amide bonds. The van der Waals surface area contributed by atoms with Gasteiger partial charge < -0.3 is 25.2 Å². The average molecular weight is 523 g/mol. The van der Waals surface area contributed by atoms with Crippen molar-refractivity contribution in [2.45, 2.75) is 51.1 Å². The van der Waals surface area contributed by atoms with Crippen molar-refractivity contribution < 1.29 is 32.3 Å². The van der Waals surface area contributed by atoms with Gasteiger partial charge in [0.15, 0.2) is 5.69 Å². The molecule has 2 aliphatic rings. The smallest absolute Gasteiger partial charge is 0.435 e. The summed E-state index contributed by atoms with van der Waals surface area (Å²) >= 11 is 0. The van der Waals surface area contributed by atoms with E-state index in [-0.39, 0.29) is 31.2 Å². The van der Waals surface area contributed by atoms with Crippen molar-refractivity contribution in [1.29, 1.82) is 0 Å². The zero-order valence-electron chi connectivity index (χ0n) is 20.7. The molecule has 200 valence electrons. The molecule has 37 heavy (non-hydrogen) atoms. The molecule has 13 heteroatoms. The van der Waals surface area contributed by atoms with E-state index in [1.807, 2.05) is 0 Å². The number of alkyl halides is 3. The number of halogens is 3. The minimum atomic E-state index is -4.82. The van der Waals surface area contributed by atoms with Crippen molar-refractivity contribution in [2.24, 2.45) is 0 Å². The molecule has 2 N–H and O–H groups in total. The Morgan fingerprint density at radius 2 is 1.62 bits per heavy atom. The normalized spacial score (nSPS) is 19.2. The molecular weight excluding hydrogens is 493 g/mol. The van der Waals surface area contributed by atoms with Crippen LogP contribution in [0.15, 0.2) is 36.5 Å². The SMILES string of the molecule is CC(C)(C)OC(=O)N1CC2CC1CN2C(=O)NCCNC(=O)c1cn(-c2ccccc2)nc1C(F)(F)F. The third kappa shape index (κ3) is 5.97. The molecule has 1 aromatic heterocycles. The Bertz CT molecular complexity index is 1160. The summed E-state index contributed by atoms with van der Waals surface area (Å²) in [4.78, 5) is 40.7. The Balaban J connectivity index is 1.28. The van der Waals surface area contributed by atoms with Gasteiger partial charge in [-0.1, -0.05) is 18.2 Å². The Morgan fingerprint density at radius 3 is 2.22 bits per heavy atom. The summed E-state index contributed by atoms with van der Waals surface area (Å²) in [5, 5.41) is 8.63. The van der Waals surface area contributed by atoms with E-state index in [9.17, 15) is 27.6 Å². The summed E-state index contributed by atoms with van der Waals surface area (Å²) in [5.74, 6) is -0.947. The Kier molecular flexibility index (Phi) is 7.07. The second kappa shape index (κ2) is 9.94. The number of nitrogens with one attached hydrogen (secondary N) is 2. The molecule has 2 unspecified atom stereocenters. The zero-order chi connectivity index (χ0) is 27.0. The molecule has 2 saturated heterocycles. The largest absolute Gasteiger partial charge is 0.444 e. The summed E-state index contributed by atoms with van der Waals surface area (Å²) in [6, 6.07) is 7.51. The number of piperazine rings is 1. The molecule has 2 aliphatic heterocycles. The standard InChI is InChI=1S/C24H29F3N6O4/c1-23(2,3)37-22(36)32-13-16-11-17(32)12-31(16)21(35)29-10-9-28-20(34)18-14-33(15-7-5-4-6-8-15)30-19(18)24(25,26)27/h4-8,14,16-17H,9-13H2,1-3H3,(H,28,34)(H,29,35). The monoisotopic (exact) mass is 522 g/mol. The maximum absolute atomic E-state index is 13.5.